The molecular weight excluding hydrogens is 442 g/mol. The third-order valence-corrected chi connectivity index (χ3v) is 6.98. The van der Waals surface area contributed by atoms with Gasteiger partial charge < -0.3 is 14.6 Å². The molecule has 2 N–H and O–H groups in total. The molecule has 9 heteroatoms. The third kappa shape index (κ3) is 5.32. The molecule has 0 spiro atoms. The summed E-state index contributed by atoms with van der Waals surface area (Å²) in [5.74, 6) is -0.476. The summed E-state index contributed by atoms with van der Waals surface area (Å²) in [6.45, 7) is 2.36. The predicted octanol–water partition coefficient (Wildman–Crippen LogP) is 3.31. The van der Waals surface area contributed by atoms with E-state index in [9.17, 15) is 18.0 Å². The van der Waals surface area contributed by atoms with E-state index in [1.807, 2.05) is 24.3 Å². The lowest BCUT2D eigenvalue weighted by Crippen LogP contribution is -2.28. The summed E-state index contributed by atoms with van der Waals surface area (Å²) in [6.07, 6.45) is 2.48. The van der Waals surface area contributed by atoms with Crippen LogP contribution in [-0.2, 0) is 32.6 Å². The smallest absolute Gasteiger partial charge is 0.241 e. The molecule has 0 bridgehead atoms. The molecule has 1 atom stereocenters. The van der Waals surface area contributed by atoms with Crippen LogP contribution >= 0.6 is 0 Å². The monoisotopic (exact) mass is 467 g/mol. The molecule has 8 nitrogen and oxygen atoms in total. The van der Waals surface area contributed by atoms with Crippen molar-refractivity contribution in [3.05, 3.63) is 78.3 Å². The van der Waals surface area contributed by atoms with Gasteiger partial charge in [-0.05, 0) is 54.4 Å². The Morgan fingerprint density at radius 2 is 1.91 bits per heavy atom. The van der Waals surface area contributed by atoms with Crippen molar-refractivity contribution in [2.75, 3.05) is 16.8 Å². The number of nitrogens with zero attached hydrogens (tertiary/aromatic N) is 1. The van der Waals surface area contributed by atoms with Crippen LogP contribution in [0.4, 0.5) is 11.4 Å². The number of amides is 2. The van der Waals surface area contributed by atoms with Gasteiger partial charge in [-0.3, -0.25) is 9.59 Å². The van der Waals surface area contributed by atoms with E-state index in [2.05, 4.69) is 17.0 Å². The highest BCUT2D eigenvalue weighted by atomic mass is 32.2. The summed E-state index contributed by atoms with van der Waals surface area (Å²) >= 11 is 0. The van der Waals surface area contributed by atoms with Crippen LogP contribution in [0.3, 0.4) is 0 Å². The highest BCUT2D eigenvalue weighted by molar-refractivity contribution is 7.89. The van der Waals surface area contributed by atoms with Gasteiger partial charge in [0.25, 0.3) is 0 Å². The summed E-state index contributed by atoms with van der Waals surface area (Å²) in [7, 11) is -3.80. The maximum absolute atomic E-state index is 12.8. The molecule has 2 heterocycles. The summed E-state index contributed by atoms with van der Waals surface area (Å²) < 4.78 is 32.8. The summed E-state index contributed by atoms with van der Waals surface area (Å²) in [4.78, 5) is 26.9. The number of sulfonamides is 1. The quantitative estimate of drug-likeness (QED) is 0.528. The molecule has 0 aliphatic carbocycles. The van der Waals surface area contributed by atoms with Gasteiger partial charge in [-0.25, -0.2) is 13.1 Å². The molecule has 1 aliphatic rings. The second kappa shape index (κ2) is 9.60. The van der Waals surface area contributed by atoms with Crippen molar-refractivity contribution in [3.8, 4) is 0 Å². The van der Waals surface area contributed by atoms with Crippen molar-refractivity contribution < 1.29 is 22.4 Å². The van der Waals surface area contributed by atoms with Crippen LogP contribution in [0, 0.1) is 5.92 Å². The molecule has 0 saturated carbocycles. The van der Waals surface area contributed by atoms with Gasteiger partial charge in [0.05, 0.1) is 23.6 Å². The first-order valence-electron chi connectivity index (χ1n) is 10.7. The Morgan fingerprint density at radius 1 is 1.12 bits per heavy atom. The normalized spacial score (nSPS) is 16.2. The summed E-state index contributed by atoms with van der Waals surface area (Å²) in [5.41, 5.74) is 2.29. The molecule has 1 aliphatic heterocycles. The average Bonchev–Trinajstić information content (AvgIpc) is 3.48. The number of carbonyl (C=O) groups excluding carboxylic acids is 2. The van der Waals surface area contributed by atoms with Gasteiger partial charge in [-0.1, -0.05) is 25.1 Å². The van der Waals surface area contributed by atoms with Gasteiger partial charge in [0.2, 0.25) is 21.8 Å². The molecule has 33 heavy (non-hydrogen) atoms. The Kier molecular flexibility index (Phi) is 6.62. The van der Waals surface area contributed by atoms with Crippen LogP contribution in [0.5, 0.6) is 0 Å². The number of hydrogen-bond donors (Lipinski definition) is 2. The highest BCUT2D eigenvalue weighted by Gasteiger charge is 2.35. The minimum atomic E-state index is -3.80. The molecule has 1 fully saturated rings. The number of hydrogen-bond acceptors (Lipinski definition) is 5. The molecular formula is C24H25N3O5S. The minimum absolute atomic E-state index is 0.0190. The van der Waals surface area contributed by atoms with E-state index >= 15 is 0 Å². The van der Waals surface area contributed by atoms with Crippen LogP contribution in [0.2, 0.25) is 0 Å². The molecule has 2 amide bonds. The standard InChI is InChI=1S/C24H25N3O5S/c1-2-17-8-10-20(11-9-17)27-16-18(13-23(27)28)24(29)26-19-5-3-7-22(14-19)33(30,31)25-15-21-6-4-12-32-21/h3-12,14,18,25H,2,13,15-16H2,1H3,(H,26,29). The second-order valence-corrected chi connectivity index (χ2v) is 9.61. The first-order chi connectivity index (χ1) is 15.9. The largest absolute Gasteiger partial charge is 0.468 e. The van der Waals surface area contributed by atoms with E-state index in [1.165, 1.54) is 24.0 Å². The fourth-order valence-electron chi connectivity index (χ4n) is 3.69. The van der Waals surface area contributed by atoms with Crippen LogP contribution in [0.25, 0.3) is 0 Å². The fourth-order valence-corrected chi connectivity index (χ4v) is 4.73. The summed E-state index contributed by atoms with van der Waals surface area (Å²) in [6, 6.07) is 17.1. The molecule has 1 saturated heterocycles. The molecule has 0 radical (unpaired) electrons. The number of aryl methyl sites for hydroxylation is 1. The van der Waals surface area contributed by atoms with E-state index in [4.69, 9.17) is 4.42 Å². The zero-order chi connectivity index (χ0) is 23.4. The molecule has 3 aromatic rings. The van der Waals surface area contributed by atoms with Crippen molar-refractivity contribution in [2.24, 2.45) is 5.92 Å². The van der Waals surface area contributed by atoms with Crippen molar-refractivity contribution in [1.29, 1.82) is 0 Å². The number of benzene rings is 2. The van der Waals surface area contributed by atoms with E-state index in [1.54, 1.807) is 29.2 Å². The number of nitrogens with one attached hydrogen (secondary N) is 2. The lowest BCUT2D eigenvalue weighted by molar-refractivity contribution is -0.122. The lowest BCUT2D eigenvalue weighted by atomic mass is 10.1. The van der Waals surface area contributed by atoms with Crippen LogP contribution in [-0.4, -0.2) is 26.8 Å². The molecule has 1 unspecified atom stereocenters. The Morgan fingerprint density at radius 3 is 2.61 bits per heavy atom. The summed E-state index contributed by atoms with van der Waals surface area (Å²) in [5, 5.41) is 2.75. The molecule has 1 aromatic heterocycles. The highest BCUT2D eigenvalue weighted by Crippen LogP contribution is 2.27. The van der Waals surface area contributed by atoms with E-state index in [0.29, 0.717) is 11.4 Å². The maximum atomic E-state index is 12.8. The van der Waals surface area contributed by atoms with Gasteiger partial charge in [0.15, 0.2) is 0 Å². The number of furan rings is 1. The van der Waals surface area contributed by atoms with Crippen LogP contribution in [0.15, 0.2) is 76.2 Å². The van der Waals surface area contributed by atoms with Crippen molar-refractivity contribution >= 4 is 33.2 Å². The minimum Gasteiger partial charge on any atom is -0.468 e. The fraction of sp³-hybridized carbons (Fsp3) is 0.250. The van der Waals surface area contributed by atoms with Crippen LogP contribution < -0.4 is 14.9 Å². The topological polar surface area (TPSA) is 109 Å². The second-order valence-electron chi connectivity index (χ2n) is 7.85. The van der Waals surface area contributed by atoms with Crippen molar-refractivity contribution in [2.45, 2.75) is 31.2 Å². The Hall–Kier alpha value is -3.43. The van der Waals surface area contributed by atoms with E-state index < -0.39 is 15.9 Å². The molecule has 172 valence electrons. The zero-order valence-electron chi connectivity index (χ0n) is 18.2. The molecule has 4 rings (SSSR count). The Labute approximate surface area is 192 Å². The number of anilines is 2. The maximum Gasteiger partial charge on any atom is 0.241 e. The Balaban J connectivity index is 1.40. The van der Waals surface area contributed by atoms with Crippen molar-refractivity contribution in [3.63, 3.8) is 0 Å². The van der Waals surface area contributed by atoms with Gasteiger partial charge in [0.1, 0.15) is 5.76 Å². The van der Waals surface area contributed by atoms with E-state index in [0.717, 1.165) is 12.1 Å². The van der Waals surface area contributed by atoms with Gasteiger partial charge in [-0.2, -0.15) is 0 Å². The van der Waals surface area contributed by atoms with Gasteiger partial charge in [-0.15, -0.1) is 0 Å². The molecule has 2 aromatic carbocycles. The SMILES string of the molecule is CCc1ccc(N2CC(C(=O)Nc3cccc(S(=O)(=O)NCc4ccco4)c3)CC2=O)cc1. The number of rotatable bonds is 8. The predicted molar refractivity (Wildman–Crippen MR) is 124 cm³/mol. The van der Waals surface area contributed by atoms with Gasteiger partial charge >= 0.3 is 0 Å². The zero-order valence-corrected chi connectivity index (χ0v) is 19.0. The van der Waals surface area contributed by atoms with Crippen LogP contribution in [0.1, 0.15) is 24.7 Å². The number of carbonyl (C=O) groups is 2. The van der Waals surface area contributed by atoms with Gasteiger partial charge in [0, 0.05) is 24.3 Å². The van der Waals surface area contributed by atoms with Crippen molar-refractivity contribution in [1.82, 2.24) is 4.72 Å². The lowest BCUT2D eigenvalue weighted by Gasteiger charge is -2.17. The first kappa shape index (κ1) is 22.8. The third-order valence-electron chi connectivity index (χ3n) is 5.58. The average molecular weight is 468 g/mol. The van der Waals surface area contributed by atoms with E-state index in [-0.39, 0.29) is 36.2 Å². The Bertz CT molecular complexity index is 1240. The first-order valence-corrected chi connectivity index (χ1v) is 12.2.